The maximum atomic E-state index is 11.4. The van der Waals surface area contributed by atoms with Crippen LogP contribution in [-0.2, 0) is 15.1 Å². The minimum atomic E-state index is -0.895. The Kier molecular flexibility index (Phi) is 4.80. The van der Waals surface area contributed by atoms with Crippen molar-refractivity contribution in [3.63, 3.8) is 0 Å². The molecule has 0 aliphatic rings. The van der Waals surface area contributed by atoms with E-state index in [-0.39, 0.29) is 12.4 Å². The zero-order chi connectivity index (χ0) is 13.1. The third-order valence-electron chi connectivity index (χ3n) is 2.38. The van der Waals surface area contributed by atoms with Gasteiger partial charge < -0.3 is 10.5 Å². The maximum Gasteiger partial charge on any atom is 0.307 e. The van der Waals surface area contributed by atoms with Gasteiger partial charge >= 0.3 is 5.97 Å². The van der Waals surface area contributed by atoms with Crippen LogP contribution in [0.2, 0.25) is 10.0 Å². The number of esters is 1. The zero-order valence-corrected chi connectivity index (χ0v) is 11.3. The van der Waals surface area contributed by atoms with Gasteiger partial charge in [-0.05, 0) is 25.5 Å². The van der Waals surface area contributed by atoms with Crippen LogP contribution in [0.15, 0.2) is 18.2 Å². The number of ether oxygens (including phenoxy) is 1. The molecule has 0 amide bonds. The molecule has 0 fully saturated rings. The van der Waals surface area contributed by atoms with Gasteiger partial charge in [0.15, 0.2) is 0 Å². The molecule has 5 heteroatoms. The number of hydrogen-bond acceptors (Lipinski definition) is 3. The smallest absolute Gasteiger partial charge is 0.307 e. The van der Waals surface area contributed by atoms with Crippen LogP contribution >= 0.6 is 23.2 Å². The Labute approximate surface area is 111 Å². The van der Waals surface area contributed by atoms with Gasteiger partial charge in [0.1, 0.15) is 0 Å². The topological polar surface area (TPSA) is 52.3 Å². The fraction of sp³-hybridized carbons (Fsp3) is 0.417. The lowest BCUT2D eigenvalue weighted by atomic mass is 9.90. The molecule has 1 aromatic rings. The number of halogens is 2. The lowest BCUT2D eigenvalue weighted by molar-refractivity contribution is -0.144. The summed E-state index contributed by atoms with van der Waals surface area (Å²) in [6, 6.07) is 5.18. The van der Waals surface area contributed by atoms with Crippen molar-refractivity contribution in [2.45, 2.75) is 25.8 Å². The fourth-order valence-corrected chi connectivity index (χ4v) is 2.07. The molecule has 0 aliphatic heterocycles. The van der Waals surface area contributed by atoms with E-state index in [1.54, 1.807) is 32.0 Å². The first kappa shape index (κ1) is 14.3. The van der Waals surface area contributed by atoms with Crippen LogP contribution in [0.25, 0.3) is 0 Å². The summed E-state index contributed by atoms with van der Waals surface area (Å²) in [5.74, 6) is -0.353. The molecule has 17 heavy (non-hydrogen) atoms. The van der Waals surface area contributed by atoms with Gasteiger partial charge in [0.05, 0.1) is 28.6 Å². The maximum absolute atomic E-state index is 11.4. The minimum absolute atomic E-state index is 0.0565. The monoisotopic (exact) mass is 275 g/mol. The van der Waals surface area contributed by atoms with Crippen molar-refractivity contribution in [1.29, 1.82) is 0 Å². The van der Waals surface area contributed by atoms with Crippen molar-refractivity contribution in [2.75, 3.05) is 6.61 Å². The molecule has 1 unspecified atom stereocenters. The van der Waals surface area contributed by atoms with E-state index < -0.39 is 5.54 Å². The molecule has 3 nitrogen and oxygen atoms in total. The molecule has 94 valence electrons. The predicted molar refractivity (Wildman–Crippen MR) is 69.3 cm³/mol. The van der Waals surface area contributed by atoms with Crippen LogP contribution in [0.5, 0.6) is 0 Å². The van der Waals surface area contributed by atoms with Crippen molar-refractivity contribution in [1.82, 2.24) is 0 Å². The third kappa shape index (κ3) is 3.60. The van der Waals surface area contributed by atoms with Gasteiger partial charge in [0, 0.05) is 0 Å². The van der Waals surface area contributed by atoms with E-state index in [2.05, 4.69) is 0 Å². The standard InChI is InChI=1S/C12H15Cl2NO2/c1-3-17-10(16)7-12(2,15)8-5-4-6-9(13)11(8)14/h4-6H,3,7,15H2,1-2H3. The average molecular weight is 276 g/mol. The number of hydrogen-bond donors (Lipinski definition) is 1. The fourth-order valence-electron chi connectivity index (χ4n) is 1.55. The van der Waals surface area contributed by atoms with Gasteiger partial charge in [0.25, 0.3) is 0 Å². The summed E-state index contributed by atoms with van der Waals surface area (Å²) >= 11 is 12.0. The average Bonchev–Trinajstić information content (AvgIpc) is 2.21. The first-order valence-electron chi connectivity index (χ1n) is 5.27. The van der Waals surface area contributed by atoms with Crippen molar-refractivity contribution in [3.8, 4) is 0 Å². The largest absolute Gasteiger partial charge is 0.466 e. The molecule has 0 bridgehead atoms. The van der Waals surface area contributed by atoms with E-state index in [1.165, 1.54) is 0 Å². The molecule has 0 heterocycles. The Morgan fingerprint density at radius 2 is 2.12 bits per heavy atom. The highest BCUT2D eigenvalue weighted by molar-refractivity contribution is 6.42. The van der Waals surface area contributed by atoms with Crippen molar-refractivity contribution >= 4 is 29.2 Å². The molecule has 0 aromatic heterocycles. The first-order valence-corrected chi connectivity index (χ1v) is 6.03. The summed E-state index contributed by atoms with van der Waals surface area (Å²) in [5.41, 5.74) is 5.84. The minimum Gasteiger partial charge on any atom is -0.466 e. The summed E-state index contributed by atoms with van der Waals surface area (Å²) in [4.78, 5) is 11.4. The number of rotatable bonds is 4. The molecule has 0 saturated carbocycles. The van der Waals surface area contributed by atoms with E-state index in [9.17, 15) is 4.79 Å². The Hall–Kier alpha value is -0.770. The predicted octanol–water partition coefficient (Wildman–Crippen LogP) is 3.12. The summed E-state index contributed by atoms with van der Waals surface area (Å²) in [6.45, 7) is 3.80. The van der Waals surface area contributed by atoms with Crippen LogP contribution in [0.3, 0.4) is 0 Å². The highest BCUT2D eigenvalue weighted by Gasteiger charge is 2.28. The van der Waals surface area contributed by atoms with Crippen molar-refractivity contribution in [3.05, 3.63) is 33.8 Å². The van der Waals surface area contributed by atoms with E-state index >= 15 is 0 Å². The second-order valence-corrected chi connectivity index (χ2v) is 4.79. The number of carbonyl (C=O) groups excluding carboxylic acids is 1. The molecule has 2 N–H and O–H groups in total. The Balaban J connectivity index is 2.96. The molecule has 0 radical (unpaired) electrons. The summed E-state index contributed by atoms with van der Waals surface area (Å²) in [7, 11) is 0. The molecule has 1 rings (SSSR count). The Morgan fingerprint density at radius 1 is 1.47 bits per heavy atom. The SMILES string of the molecule is CCOC(=O)CC(C)(N)c1cccc(Cl)c1Cl. The van der Waals surface area contributed by atoms with Crippen LogP contribution in [-0.4, -0.2) is 12.6 Å². The highest BCUT2D eigenvalue weighted by Crippen LogP contribution is 2.33. The Morgan fingerprint density at radius 3 is 2.71 bits per heavy atom. The van der Waals surface area contributed by atoms with Crippen molar-refractivity contribution < 1.29 is 9.53 Å². The highest BCUT2D eigenvalue weighted by atomic mass is 35.5. The molecule has 1 atom stereocenters. The second kappa shape index (κ2) is 5.71. The number of benzene rings is 1. The first-order chi connectivity index (χ1) is 7.88. The van der Waals surface area contributed by atoms with Crippen LogP contribution in [0.1, 0.15) is 25.8 Å². The zero-order valence-electron chi connectivity index (χ0n) is 9.80. The van der Waals surface area contributed by atoms with Gasteiger partial charge in [-0.25, -0.2) is 0 Å². The lowest BCUT2D eigenvalue weighted by Gasteiger charge is -2.25. The molecule has 0 saturated heterocycles. The summed E-state index contributed by atoms with van der Waals surface area (Å²) in [6.07, 6.45) is 0.0565. The summed E-state index contributed by atoms with van der Waals surface area (Å²) < 4.78 is 4.87. The van der Waals surface area contributed by atoms with Gasteiger partial charge in [0.2, 0.25) is 0 Å². The third-order valence-corrected chi connectivity index (χ3v) is 3.20. The van der Waals surface area contributed by atoms with Crippen LogP contribution in [0, 0.1) is 0 Å². The number of carbonyl (C=O) groups is 1. The van der Waals surface area contributed by atoms with Gasteiger partial charge in [-0.15, -0.1) is 0 Å². The normalized spacial score (nSPS) is 14.2. The quantitative estimate of drug-likeness (QED) is 0.859. The number of nitrogens with two attached hydrogens (primary N) is 1. The van der Waals surface area contributed by atoms with E-state index in [0.29, 0.717) is 22.2 Å². The van der Waals surface area contributed by atoms with E-state index in [1.807, 2.05) is 0 Å². The molecular weight excluding hydrogens is 261 g/mol. The van der Waals surface area contributed by atoms with Gasteiger partial charge in [-0.3, -0.25) is 4.79 Å². The van der Waals surface area contributed by atoms with Gasteiger partial charge in [-0.2, -0.15) is 0 Å². The van der Waals surface area contributed by atoms with Crippen LogP contribution in [0.4, 0.5) is 0 Å². The Bertz CT molecular complexity index is 419. The van der Waals surface area contributed by atoms with E-state index in [4.69, 9.17) is 33.7 Å². The molecule has 0 spiro atoms. The second-order valence-electron chi connectivity index (χ2n) is 4.00. The molecule has 1 aromatic carbocycles. The van der Waals surface area contributed by atoms with Gasteiger partial charge in [-0.1, -0.05) is 35.3 Å². The van der Waals surface area contributed by atoms with Crippen molar-refractivity contribution in [2.24, 2.45) is 5.73 Å². The van der Waals surface area contributed by atoms with E-state index in [0.717, 1.165) is 0 Å². The lowest BCUT2D eigenvalue weighted by Crippen LogP contribution is -2.36. The summed E-state index contributed by atoms with van der Waals surface area (Å²) in [5, 5.41) is 0.799. The molecular formula is C12H15Cl2NO2. The van der Waals surface area contributed by atoms with Crippen LogP contribution < -0.4 is 5.73 Å². The molecule has 0 aliphatic carbocycles.